The highest BCUT2D eigenvalue weighted by Crippen LogP contribution is 2.32. The Balaban J connectivity index is 1.32. The summed E-state index contributed by atoms with van der Waals surface area (Å²) in [5.41, 5.74) is 2.27. The van der Waals surface area contributed by atoms with Gasteiger partial charge in [-0.3, -0.25) is 4.90 Å². The van der Waals surface area contributed by atoms with Crippen molar-refractivity contribution >= 4 is 22.4 Å². The second-order valence-electron chi connectivity index (χ2n) is 7.64. The first-order valence-electron chi connectivity index (χ1n) is 10.4. The Kier molecular flexibility index (Phi) is 6.59. The van der Waals surface area contributed by atoms with E-state index in [0.717, 1.165) is 67.6 Å². The minimum atomic E-state index is 0.321. The van der Waals surface area contributed by atoms with Gasteiger partial charge in [0, 0.05) is 58.7 Å². The van der Waals surface area contributed by atoms with Gasteiger partial charge in [0.15, 0.2) is 22.6 Å². The zero-order valence-electron chi connectivity index (χ0n) is 17.9. The Morgan fingerprint density at radius 1 is 1.20 bits per heavy atom. The number of nitrogens with zero attached hydrogens (tertiary/aromatic N) is 5. The van der Waals surface area contributed by atoms with Crippen molar-refractivity contribution in [2.75, 3.05) is 58.5 Å². The summed E-state index contributed by atoms with van der Waals surface area (Å²) in [4.78, 5) is 16.3. The van der Waals surface area contributed by atoms with Crippen LogP contribution in [0.25, 0.3) is 0 Å². The summed E-state index contributed by atoms with van der Waals surface area (Å²) in [5, 5.41) is 6.54. The van der Waals surface area contributed by atoms with Crippen molar-refractivity contribution < 1.29 is 9.47 Å². The van der Waals surface area contributed by atoms with Crippen LogP contribution in [0.2, 0.25) is 0 Å². The molecule has 8 nitrogen and oxygen atoms in total. The molecule has 2 aliphatic rings. The number of hydrogen-bond acceptors (Lipinski definition) is 7. The topological polar surface area (TPSA) is 65.5 Å². The molecule has 9 heteroatoms. The highest BCUT2D eigenvalue weighted by Gasteiger charge is 2.21. The lowest BCUT2D eigenvalue weighted by atomic mass is 10.1. The van der Waals surface area contributed by atoms with Crippen LogP contribution in [0.1, 0.15) is 18.2 Å². The Labute approximate surface area is 182 Å². The average molecular weight is 431 g/mol. The van der Waals surface area contributed by atoms with Gasteiger partial charge in [-0.05, 0) is 24.6 Å². The maximum absolute atomic E-state index is 5.50. The highest BCUT2D eigenvalue weighted by molar-refractivity contribution is 7.13. The van der Waals surface area contributed by atoms with E-state index < -0.39 is 0 Å². The predicted molar refractivity (Wildman–Crippen MR) is 121 cm³/mol. The van der Waals surface area contributed by atoms with E-state index in [1.165, 1.54) is 5.56 Å². The van der Waals surface area contributed by atoms with Gasteiger partial charge in [0.05, 0.1) is 12.2 Å². The first-order valence-corrected chi connectivity index (χ1v) is 11.3. The lowest BCUT2D eigenvalue weighted by Gasteiger charge is -2.36. The number of benzene rings is 1. The third-order valence-corrected chi connectivity index (χ3v) is 6.22. The third-order valence-electron chi connectivity index (χ3n) is 5.16. The van der Waals surface area contributed by atoms with Crippen LogP contribution in [0, 0.1) is 0 Å². The maximum Gasteiger partial charge on any atom is 0.231 e. The van der Waals surface area contributed by atoms with Gasteiger partial charge >= 0.3 is 0 Å². The Morgan fingerprint density at radius 2 is 2.00 bits per heavy atom. The largest absolute Gasteiger partial charge is 0.454 e. The summed E-state index contributed by atoms with van der Waals surface area (Å²) >= 11 is 1.65. The maximum atomic E-state index is 5.50. The van der Waals surface area contributed by atoms with E-state index >= 15 is 0 Å². The van der Waals surface area contributed by atoms with Crippen molar-refractivity contribution in [3.63, 3.8) is 0 Å². The summed E-state index contributed by atoms with van der Waals surface area (Å²) < 4.78 is 10.9. The number of piperazine rings is 1. The number of anilines is 1. The molecule has 0 unspecified atom stereocenters. The van der Waals surface area contributed by atoms with E-state index in [9.17, 15) is 0 Å². The Morgan fingerprint density at radius 3 is 2.73 bits per heavy atom. The fraction of sp³-hybridized carbons (Fsp3) is 0.524. The molecule has 162 valence electrons. The zero-order valence-corrected chi connectivity index (χ0v) is 18.7. The molecule has 0 radical (unpaired) electrons. The highest BCUT2D eigenvalue weighted by atomic mass is 32.1. The summed E-state index contributed by atoms with van der Waals surface area (Å²) in [6.45, 7) is 8.72. The van der Waals surface area contributed by atoms with Gasteiger partial charge in [-0.15, -0.1) is 11.3 Å². The molecule has 3 heterocycles. The monoisotopic (exact) mass is 430 g/mol. The van der Waals surface area contributed by atoms with Gasteiger partial charge in [-0.25, -0.2) is 9.98 Å². The second-order valence-corrected chi connectivity index (χ2v) is 8.47. The zero-order chi connectivity index (χ0) is 20.9. The fourth-order valence-corrected chi connectivity index (χ4v) is 4.32. The molecule has 0 aliphatic carbocycles. The number of rotatable bonds is 6. The Bertz CT molecular complexity index is 876. The average Bonchev–Trinajstić information content (AvgIpc) is 3.41. The van der Waals surface area contributed by atoms with Crippen LogP contribution >= 0.6 is 11.3 Å². The molecular weight excluding hydrogens is 400 g/mol. The van der Waals surface area contributed by atoms with Crippen molar-refractivity contribution in [3.05, 3.63) is 34.8 Å². The lowest BCUT2D eigenvalue weighted by Crippen LogP contribution is -2.52. The van der Waals surface area contributed by atoms with Gasteiger partial charge in [0.1, 0.15) is 0 Å². The van der Waals surface area contributed by atoms with E-state index in [1.54, 1.807) is 11.3 Å². The standard InChI is InChI=1S/C21H30N6O2S/c1-4-22-20(23-12-17-14-30-21(24-17)25(2)3)27-9-7-26(8-10-27)13-16-5-6-18-19(11-16)29-15-28-18/h5-6,11,14H,4,7-10,12-13,15H2,1-3H3,(H,22,23). The van der Waals surface area contributed by atoms with Crippen molar-refractivity contribution in [3.8, 4) is 11.5 Å². The molecule has 1 aromatic carbocycles. The summed E-state index contributed by atoms with van der Waals surface area (Å²) in [6, 6.07) is 6.22. The molecule has 1 fully saturated rings. The first kappa shape index (κ1) is 20.7. The van der Waals surface area contributed by atoms with Crippen molar-refractivity contribution in [2.45, 2.75) is 20.0 Å². The summed E-state index contributed by atoms with van der Waals surface area (Å²) in [6.07, 6.45) is 0. The molecule has 2 aliphatic heterocycles. The molecule has 1 saturated heterocycles. The smallest absolute Gasteiger partial charge is 0.231 e. The van der Waals surface area contributed by atoms with Crippen LogP contribution in [0.15, 0.2) is 28.6 Å². The Hall–Kier alpha value is -2.52. The first-order chi connectivity index (χ1) is 14.6. The second kappa shape index (κ2) is 9.53. The SMILES string of the molecule is CCNC(=NCc1csc(N(C)C)n1)N1CCN(Cc2ccc3c(c2)OCO3)CC1. The number of hydrogen-bond donors (Lipinski definition) is 1. The molecule has 30 heavy (non-hydrogen) atoms. The van der Waals surface area contributed by atoms with Gasteiger partial charge in [-0.1, -0.05) is 6.07 Å². The number of aromatic nitrogens is 1. The van der Waals surface area contributed by atoms with Gasteiger partial charge in [0.25, 0.3) is 0 Å². The third kappa shape index (κ3) is 4.96. The minimum Gasteiger partial charge on any atom is -0.454 e. The quantitative estimate of drug-likeness (QED) is 0.557. The van der Waals surface area contributed by atoms with Crippen LogP contribution < -0.4 is 19.7 Å². The number of aliphatic imine (C=N–C) groups is 1. The van der Waals surface area contributed by atoms with E-state index in [4.69, 9.17) is 14.5 Å². The van der Waals surface area contributed by atoms with E-state index in [-0.39, 0.29) is 0 Å². The number of nitrogens with one attached hydrogen (secondary N) is 1. The van der Waals surface area contributed by atoms with Gasteiger partial charge in [0.2, 0.25) is 6.79 Å². The molecule has 1 N–H and O–H groups in total. The summed E-state index contributed by atoms with van der Waals surface area (Å²) in [5.74, 6) is 2.67. The fourth-order valence-electron chi connectivity index (χ4n) is 3.57. The van der Waals surface area contributed by atoms with Crippen LogP contribution in [0.3, 0.4) is 0 Å². The molecule has 0 atom stereocenters. The lowest BCUT2D eigenvalue weighted by molar-refractivity contribution is 0.171. The van der Waals surface area contributed by atoms with E-state index in [2.05, 4.69) is 44.5 Å². The molecular formula is C21H30N6O2S. The molecule has 0 saturated carbocycles. The van der Waals surface area contributed by atoms with Gasteiger partial charge < -0.3 is 24.6 Å². The minimum absolute atomic E-state index is 0.321. The van der Waals surface area contributed by atoms with E-state index in [0.29, 0.717) is 13.3 Å². The molecule has 0 amide bonds. The van der Waals surface area contributed by atoms with E-state index in [1.807, 2.05) is 25.1 Å². The number of fused-ring (bicyclic) bond motifs is 1. The number of guanidine groups is 1. The van der Waals surface area contributed by atoms with Crippen molar-refractivity contribution in [2.24, 2.45) is 4.99 Å². The predicted octanol–water partition coefficient (Wildman–Crippen LogP) is 2.22. The van der Waals surface area contributed by atoms with Crippen LogP contribution in [-0.2, 0) is 13.1 Å². The van der Waals surface area contributed by atoms with Crippen LogP contribution in [-0.4, -0.2) is 74.4 Å². The molecule has 0 spiro atoms. The van der Waals surface area contributed by atoms with Crippen molar-refractivity contribution in [1.29, 1.82) is 0 Å². The molecule has 1 aromatic heterocycles. The van der Waals surface area contributed by atoms with Crippen molar-refractivity contribution in [1.82, 2.24) is 20.1 Å². The van der Waals surface area contributed by atoms with Gasteiger partial charge in [-0.2, -0.15) is 0 Å². The summed E-state index contributed by atoms with van der Waals surface area (Å²) in [7, 11) is 4.03. The van der Waals surface area contributed by atoms with Crippen LogP contribution in [0.5, 0.6) is 11.5 Å². The van der Waals surface area contributed by atoms with Crippen LogP contribution in [0.4, 0.5) is 5.13 Å². The number of ether oxygens (including phenoxy) is 2. The normalized spacial score (nSPS) is 16.8. The number of thiazole rings is 1. The molecule has 4 rings (SSSR count). The molecule has 2 aromatic rings. The molecule has 0 bridgehead atoms.